The fourth-order valence-electron chi connectivity index (χ4n) is 3.14. The molecule has 1 unspecified atom stereocenters. The minimum atomic E-state index is -0.848. The summed E-state index contributed by atoms with van der Waals surface area (Å²) in [5.41, 5.74) is -0.273. The van der Waals surface area contributed by atoms with Crippen molar-refractivity contribution >= 4 is 17.7 Å². The van der Waals surface area contributed by atoms with E-state index in [1.54, 1.807) is 13.0 Å². The van der Waals surface area contributed by atoms with E-state index in [4.69, 9.17) is 9.47 Å². The van der Waals surface area contributed by atoms with Gasteiger partial charge >= 0.3 is 11.9 Å². The third kappa shape index (κ3) is 2.62. The zero-order valence-electron chi connectivity index (χ0n) is 12.0. The molecule has 0 saturated heterocycles. The van der Waals surface area contributed by atoms with E-state index in [0.29, 0.717) is 12.8 Å². The summed E-state index contributed by atoms with van der Waals surface area (Å²) in [5.74, 6) is -2.27. The highest BCUT2D eigenvalue weighted by molar-refractivity contribution is 6.00. The zero-order valence-corrected chi connectivity index (χ0v) is 12.0. The number of esters is 2. The molecular weight excluding hydrogens is 260 g/mol. The first kappa shape index (κ1) is 14.8. The van der Waals surface area contributed by atoms with Gasteiger partial charge in [0.1, 0.15) is 17.8 Å². The van der Waals surface area contributed by atoms with Crippen LogP contribution in [0.3, 0.4) is 0 Å². The predicted molar refractivity (Wildman–Crippen MR) is 70.7 cm³/mol. The van der Waals surface area contributed by atoms with Crippen molar-refractivity contribution in [3.8, 4) is 0 Å². The van der Waals surface area contributed by atoms with E-state index < -0.39 is 24.0 Å². The minimum absolute atomic E-state index is 0.121. The van der Waals surface area contributed by atoms with Crippen LogP contribution < -0.4 is 0 Å². The van der Waals surface area contributed by atoms with Crippen LogP contribution in [0.1, 0.15) is 33.6 Å². The second-order valence-corrected chi connectivity index (χ2v) is 5.97. The molecule has 5 heteroatoms. The molecule has 1 aliphatic carbocycles. The summed E-state index contributed by atoms with van der Waals surface area (Å²) in [5, 5.41) is 0. The molecule has 1 aliphatic heterocycles. The topological polar surface area (TPSA) is 69.7 Å². The third-order valence-electron chi connectivity index (χ3n) is 4.19. The summed E-state index contributed by atoms with van der Waals surface area (Å²) in [6, 6.07) is 0. The standard InChI is InChI=1S/C15H20O5/c1-4-19-14(18)12-9(16)7-8-15(2,3)13(12)10-5-6-11(17)20-10/h5-6,10,12-13H,4,7-8H2,1-3H3/t10-,12?,13-/m1/s1. The molecule has 0 amide bonds. The third-order valence-corrected chi connectivity index (χ3v) is 4.19. The van der Waals surface area contributed by atoms with Gasteiger partial charge in [-0.1, -0.05) is 13.8 Å². The average molecular weight is 280 g/mol. The molecule has 0 aromatic heterocycles. The van der Waals surface area contributed by atoms with Crippen molar-refractivity contribution in [1.29, 1.82) is 0 Å². The molecule has 2 aliphatic rings. The van der Waals surface area contributed by atoms with E-state index >= 15 is 0 Å². The summed E-state index contributed by atoms with van der Waals surface area (Å²) < 4.78 is 10.3. The highest BCUT2D eigenvalue weighted by Crippen LogP contribution is 2.46. The largest absolute Gasteiger partial charge is 0.465 e. The molecule has 0 aromatic rings. The van der Waals surface area contributed by atoms with Gasteiger partial charge in [0.05, 0.1) is 6.61 Å². The molecule has 1 heterocycles. The molecule has 1 saturated carbocycles. The van der Waals surface area contributed by atoms with Gasteiger partial charge in [-0.15, -0.1) is 0 Å². The molecule has 0 aromatic carbocycles. The molecule has 0 radical (unpaired) electrons. The molecular formula is C15H20O5. The molecule has 0 bridgehead atoms. The van der Waals surface area contributed by atoms with E-state index in [0.717, 1.165) is 0 Å². The van der Waals surface area contributed by atoms with Crippen LogP contribution in [0.2, 0.25) is 0 Å². The van der Waals surface area contributed by atoms with E-state index in [1.165, 1.54) is 6.08 Å². The Morgan fingerprint density at radius 2 is 2.15 bits per heavy atom. The van der Waals surface area contributed by atoms with Gasteiger partial charge in [0.2, 0.25) is 0 Å². The lowest BCUT2D eigenvalue weighted by Gasteiger charge is -2.43. The maximum absolute atomic E-state index is 12.2. The molecule has 20 heavy (non-hydrogen) atoms. The van der Waals surface area contributed by atoms with Gasteiger partial charge in [0.15, 0.2) is 0 Å². The van der Waals surface area contributed by atoms with E-state index in [-0.39, 0.29) is 23.7 Å². The Labute approximate surface area is 118 Å². The number of Topliss-reactive ketones (excluding diaryl/α,β-unsaturated/α-hetero) is 1. The van der Waals surface area contributed by atoms with Crippen molar-refractivity contribution in [2.75, 3.05) is 6.61 Å². The first-order chi connectivity index (χ1) is 9.36. The van der Waals surface area contributed by atoms with Crippen LogP contribution >= 0.6 is 0 Å². The van der Waals surface area contributed by atoms with Crippen LogP contribution in [0, 0.1) is 17.3 Å². The molecule has 2 rings (SSSR count). The highest BCUT2D eigenvalue weighted by atomic mass is 16.5. The van der Waals surface area contributed by atoms with Crippen LogP contribution in [0.25, 0.3) is 0 Å². The van der Waals surface area contributed by atoms with Crippen molar-refractivity contribution in [2.24, 2.45) is 17.3 Å². The van der Waals surface area contributed by atoms with Crippen molar-refractivity contribution in [3.63, 3.8) is 0 Å². The lowest BCUT2D eigenvalue weighted by atomic mass is 9.61. The number of hydrogen-bond donors (Lipinski definition) is 0. The number of carbonyl (C=O) groups excluding carboxylic acids is 3. The van der Waals surface area contributed by atoms with Crippen LogP contribution in [0.15, 0.2) is 12.2 Å². The molecule has 110 valence electrons. The normalized spacial score (nSPS) is 32.0. The number of hydrogen-bond acceptors (Lipinski definition) is 5. The molecule has 0 spiro atoms. The minimum Gasteiger partial charge on any atom is -0.465 e. The molecule has 1 fully saturated rings. The highest BCUT2D eigenvalue weighted by Gasteiger charge is 2.52. The quantitative estimate of drug-likeness (QED) is 0.581. The lowest BCUT2D eigenvalue weighted by molar-refractivity contribution is -0.166. The van der Waals surface area contributed by atoms with E-state index in [9.17, 15) is 14.4 Å². The fraction of sp³-hybridized carbons (Fsp3) is 0.667. The van der Waals surface area contributed by atoms with Gasteiger partial charge in [0.25, 0.3) is 0 Å². The predicted octanol–water partition coefficient (Wildman–Crippen LogP) is 1.65. The van der Waals surface area contributed by atoms with E-state index in [1.807, 2.05) is 13.8 Å². The second kappa shape index (κ2) is 5.38. The van der Waals surface area contributed by atoms with Crippen LogP contribution in [-0.2, 0) is 23.9 Å². The monoisotopic (exact) mass is 280 g/mol. The summed E-state index contributed by atoms with van der Waals surface area (Å²) in [7, 11) is 0. The Morgan fingerprint density at radius 1 is 1.45 bits per heavy atom. The number of ether oxygens (including phenoxy) is 2. The Kier molecular flexibility index (Phi) is 3.97. The molecule has 5 nitrogen and oxygen atoms in total. The smallest absolute Gasteiger partial charge is 0.331 e. The number of carbonyl (C=O) groups is 3. The number of rotatable bonds is 3. The SMILES string of the molecule is CCOC(=O)C1C(=O)CCC(C)(C)[C@@H]1[C@H]1C=CC(=O)O1. The van der Waals surface area contributed by atoms with Gasteiger partial charge in [0, 0.05) is 18.4 Å². The maximum Gasteiger partial charge on any atom is 0.331 e. The van der Waals surface area contributed by atoms with Gasteiger partial charge in [-0.3, -0.25) is 9.59 Å². The fourth-order valence-corrected chi connectivity index (χ4v) is 3.14. The Balaban J connectivity index is 2.32. The van der Waals surface area contributed by atoms with Crippen molar-refractivity contribution in [3.05, 3.63) is 12.2 Å². The van der Waals surface area contributed by atoms with Gasteiger partial charge in [-0.25, -0.2) is 4.79 Å². The Hall–Kier alpha value is -1.65. The maximum atomic E-state index is 12.2. The number of cyclic esters (lactones) is 1. The summed E-state index contributed by atoms with van der Waals surface area (Å²) >= 11 is 0. The van der Waals surface area contributed by atoms with Crippen molar-refractivity contribution in [2.45, 2.75) is 39.7 Å². The average Bonchev–Trinajstić information content (AvgIpc) is 2.78. The zero-order chi connectivity index (χ0) is 14.9. The Bertz CT molecular complexity index is 463. The van der Waals surface area contributed by atoms with Crippen molar-refractivity contribution < 1.29 is 23.9 Å². The first-order valence-corrected chi connectivity index (χ1v) is 6.95. The van der Waals surface area contributed by atoms with Crippen LogP contribution in [-0.4, -0.2) is 30.4 Å². The van der Waals surface area contributed by atoms with Gasteiger partial charge < -0.3 is 9.47 Å². The first-order valence-electron chi connectivity index (χ1n) is 6.95. The summed E-state index contributed by atoms with van der Waals surface area (Å²) in [6.07, 6.45) is 3.49. The molecule has 0 N–H and O–H groups in total. The van der Waals surface area contributed by atoms with Crippen LogP contribution in [0.5, 0.6) is 0 Å². The number of ketones is 1. The Morgan fingerprint density at radius 3 is 2.70 bits per heavy atom. The second-order valence-electron chi connectivity index (χ2n) is 5.97. The molecule has 3 atom stereocenters. The summed E-state index contributed by atoms with van der Waals surface area (Å²) in [6.45, 7) is 5.93. The van der Waals surface area contributed by atoms with E-state index in [2.05, 4.69) is 0 Å². The van der Waals surface area contributed by atoms with Gasteiger partial charge in [-0.05, 0) is 24.8 Å². The van der Waals surface area contributed by atoms with Gasteiger partial charge in [-0.2, -0.15) is 0 Å². The summed E-state index contributed by atoms with van der Waals surface area (Å²) in [4.78, 5) is 35.6. The lowest BCUT2D eigenvalue weighted by Crippen LogP contribution is -2.50. The van der Waals surface area contributed by atoms with Crippen molar-refractivity contribution in [1.82, 2.24) is 0 Å². The van der Waals surface area contributed by atoms with Crippen LogP contribution in [0.4, 0.5) is 0 Å².